The zero-order valence-electron chi connectivity index (χ0n) is 32.0. The largest absolute Gasteiger partial charge is 0.310 e. The first kappa shape index (κ1) is 33.2. The fourth-order valence-corrected chi connectivity index (χ4v) is 11.4. The van der Waals surface area contributed by atoms with Crippen molar-refractivity contribution in [3.8, 4) is 44.5 Å². The first-order valence-electron chi connectivity index (χ1n) is 20.1. The van der Waals surface area contributed by atoms with Crippen LogP contribution < -0.4 is 4.90 Å². The Kier molecular flexibility index (Phi) is 7.30. The Morgan fingerprint density at radius 3 is 1.60 bits per heavy atom. The number of benzene rings is 9. The SMILES string of the molecule is Cc1cc(-c2ccccc2)ccc1N(c1ccccc1)c1ccc(-c2cc3c(c4c2sc2ccccc24)C2(c4ccccc4-c4ccccc42)c2ccccc2-3)cc1. The maximum absolute atomic E-state index is 2.51. The molecule has 10 aromatic rings. The van der Waals surface area contributed by atoms with E-state index in [-0.39, 0.29) is 0 Å². The number of rotatable bonds is 5. The summed E-state index contributed by atoms with van der Waals surface area (Å²) in [6, 6.07) is 76.4. The molecule has 0 saturated carbocycles. The molecule has 0 unspecified atom stereocenters. The Morgan fingerprint density at radius 1 is 0.414 bits per heavy atom. The molecule has 58 heavy (non-hydrogen) atoms. The van der Waals surface area contributed by atoms with Gasteiger partial charge < -0.3 is 4.90 Å². The highest BCUT2D eigenvalue weighted by atomic mass is 32.1. The van der Waals surface area contributed by atoms with E-state index in [0.717, 1.165) is 11.4 Å². The highest BCUT2D eigenvalue weighted by molar-refractivity contribution is 7.26. The lowest BCUT2D eigenvalue weighted by Crippen LogP contribution is -2.26. The predicted molar refractivity (Wildman–Crippen MR) is 246 cm³/mol. The van der Waals surface area contributed by atoms with E-state index in [0.29, 0.717) is 0 Å². The van der Waals surface area contributed by atoms with Crippen molar-refractivity contribution >= 4 is 48.6 Å². The van der Waals surface area contributed by atoms with Gasteiger partial charge in [0.1, 0.15) is 0 Å². The van der Waals surface area contributed by atoms with Gasteiger partial charge >= 0.3 is 0 Å². The number of thiophene rings is 1. The molecule has 0 N–H and O–H groups in total. The van der Waals surface area contributed by atoms with Crippen molar-refractivity contribution < 1.29 is 0 Å². The lowest BCUT2D eigenvalue weighted by molar-refractivity contribution is 0.802. The van der Waals surface area contributed by atoms with Gasteiger partial charge in [-0.1, -0.05) is 158 Å². The maximum Gasteiger partial charge on any atom is 0.0732 e. The number of aryl methyl sites for hydroxylation is 1. The van der Waals surface area contributed by atoms with Crippen LogP contribution in [0.2, 0.25) is 0 Å². The summed E-state index contributed by atoms with van der Waals surface area (Å²) >= 11 is 1.93. The normalized spacial score (nSPS) is 13.1. The second-order valence-corrected chi connectivity index (χ2v) is 16.7. The van der Waals surface area contributed by atoms with E-state index in [1.54, 1.807) is 0 Å². The fraction of sp³-hybridized carbons (Fsp3) is 0.0357. The Bertz CT molecular complexity index is 3180. The van der Waals surface area contributed by atoms with E-state index in [9.17, 15) is 0 Å². The molecule has 0 bridgehead atoms. The summed E-state index contributed by atoms with van der Waals surface area (Å²) in [7, 11) is 0. The summed E-state index contributed by atoms with van der Waals surface area (Å²) in [5, 5.41) is 2.70. The van der Waals surface area contributed by atoms with E-state index in [2.05, 4.69) is 218 Å². The number of hydrogen-bond donors (Lipinski definition) is 0. The van der Waals surface area contributed by atoms with Crippen LogP contribution in [0.5, 0.6) is 0 Å². The third-order valence-corrected chi connectivity index (χ3v) is 13.8. The van der Waals surface area contributed by atoms with Gasteiger partial charge in [0.2, 0.25) is 0 Å². The molecular formula is C56H37NS. The van der Waals surface area contributed by atoms with Crippen molar-refractivity contribution in [2.45, 2.75) is 12.3 Å². The van der Waals surface area contributed by atoms with E-state index in [4.69, 9.17) is 0 Å². The number of anilines is 3. The second-order valence-electron chi connectivity index (χ2n) is 15.6. The molecule has 272 valence electrons. The van der Waals surface area contributed by atoms with Crippen LogP contribution in [0.25, 0.3) is 64.7 Å². The van der Waals surface area contributed by atoms with Crippen LogP contribution in [-0.2, 0) is 5.41 Å². The molecule has 2 aliphatic rings. The van der Waals surface area contributed by atoms with Crippen LogP contribution in [0.1, 0.15) is 27.8 Å². The Hall–Kier alpha value is -7.00. The van der Waals surface area contributed by atoms with E-state index in [1.807, 2.05) is 11.3 Å². The Morgan fingerprint density at radius 2 is 0.948 bits per heavy atom. The van der Waals surface area contributed by atoms with Crippen LogP contribution >= 0.6 is 11.3 Å². The average Bonchev–Trinajstić information content (AvgIpc) is 3.92. The summed E-state index contributed by atoms with van der Waals surface area (Å²) < 4.78 is 2.66. The van der Waals surface area contributed by atoms with Gasteiger partial charge in [0.05, 0.1) is 5.41 Å². The molecule has 1 aromatic heterocycles. The Labute approximate surface area is 342 Å². The Balaban J connectivity index is 1.07. The molecule has 0 saturated heterocycles. The van der Waals surface area contributed by atoms with Crippen molar-refractivity contribution in [3.05, 3.63) is 234 Å². The molecule has 0 amide bonds. The molecule has 2 heteroatoms. The highest BCUT2D eigenvalue weighted by Gasteiger charge is 2.52. The lowest BCUT2D eigenvalue weighted by atomic mass is 9.69. The van der Waals surface area contributed by atoms with Crippen LogP contribution in [0.3, 0.4) is 0 Å². The standard InChI is InChI=1S/C56H37NS/c1-36-34-39(37-16-4-2-5-17-37)30-33-51(36)57(40-18-6-3-7-19-40)41-31-28-38(29-32-41)46-35-47-44-22-10-14-26-50(44)56(54(47)53-45-23-11-15-27-52(45)58-55(46)53)48-24-12-8-20-42(48)43-21-9-13-25-49(43)56/h2-35H,1H3. The van der Waals surface area contributed by atoms with Gasteiger partial charge in [-0.25, -0.2) is 0 Å². The van der Waals surface area contributed by atoms with Crippen LogP contribution in [0, 0.1) is 6.92 Å². The van der Waals surface area contributed by atoms with E-state index in [1.165, 1.54) is 98.2 Å². The topological polar surface area (TPSA) is 3.24 Å². The smallest absolute Gasteiger partial charge is 0.0732 e. The predicted octanol–water partition coefficient (Wildman–Crippen LogP) is 15.5. The van der Waals surface area contributed by atoms with Crippen LogP contribution in [-0.4, -0.2) is 0 Å². The third kappa shape index (κ3) is 4.64. The molecule has 0 atom stereocenters. The third-order valence-electron chi connectivity index (χ3n) is 12.6. The first-order valence-corrected chi connectivity index (χ1v) is 20.9. The van der Waals surface area contributed by atoms with Gasteiger partial charge in [-0.15, -0.1) is 11.3 Å². The van der Waals surface area contributed by atoms with Crippen LogP contribution in [0.4, 0.5) is 17.1 Å². The van der Waals surface area contributed by atoms with Crippen molar-refractivity contribution in [1.82, 2.24) is 0 Å². The molecule has 0 fully saturated rings. The summed E-state index contributed by atoms with van der Waals surface area (Å²) in [5.74, 6) is 0. The number of fused-ring (bicyclic) bond motifs is 14. The van der Waals surface area contributed by atoms with Gasteiger partial charge in [0, 0.05) is 42.8 Å². The molecule has 2 aliphatic carbocycles. The molecule has 0 radical (unpaired) electrons. The van der Waals surface area contributed by atoms with Crippen molar-refractivity contribution in [2.75, 3.05) is 4.90 Å². The van der Waals surface area contributed by atoms with Crippen LogP contribution in [0.15, 0.2) is 206 Å². The van der Waals surface area contributed by atoms with Crippen molar-refractivity contribution in [1.29, 1.82) is 0 Å². The zero-order valence-corrected chi connectivity index (χ0v) is 32.8. The summed E-state index contributed by atoms with van der Waals surface area (Å²) in [5.41, 5.74) is 20.1. The minimum atomic E-state index is -0.409. The van der Waals surface area contributed by atoms with Gasteiger partial charge in [-0.2, -0.15) is 0 Å². The van der Waals surface area contributed by atoms with Crippen molar-refractivity contribution in [3.63, 3.8) is 0 Å². The molecule has 9 aromatic carbocycles. The molecule has 1 nitrogen and oxygen atoms in total. The second kappa shape index (κ2) is 12.8. The van der Waals surface area contributed by atoms with Gasteiger partial charge in [-0.3, -0.25) is 0 Å². The van der Waals surface area contributed by atoms with Crippen molar-refractivity contribution in [2.24, 2.45) is 0 Å². The highest BCUT2D eigenvalue weighted by Crippen LogP contribution is 2.65. The fourth-order valence-electron chi connectivity index (χ4n) is 10.2. The van der Waals surface area contributed by atoms with Gasteiger partial charge in [0.15, 0.2) is 0 Å². The lowest BCUT2D eigenvalue weighted by Gasteiger charge is -2.31. The minimum Gasteiger partial charge on any atom is -0.310 e. The number of para-hydroxylation sites is 1. The molecule has 1 heterocycles. The van der Waals surface area contributed by atoms with E-state index >= 15 is 0 Å². The van der Waals surface area contributed by atoms with Gasteiger partial charge in [-0.05, 0) is 122 Å². The molecule has 12 rings (SSSR count). The summed E-state index contributed by atoms with van der Waals surface area (Å²) in [6.45, 7) is 2.22. The maximum atomic E-state index is 2.51. The van der Waals surface area contributed by atoms with E-state index < -0.39 is 5.41 Å². The molecule has 1 spiro atoms. The molecular weight excluding hydrogens is 719 g/mol. The first-order chi connectivity index (χ1) is 28.7. The summed E-state index contributed by atoms with van der Waals surface area (Å²) in [6.07, 6.45) is 0. The zero-order chi connectivity index (χ0) is 38.4. The number of nitrogens with zero attached hydrogens (tertiary/aromatic N) is 1. The average molecular weight is 756 g/mol. The summed E-state index contributed by atoms with van der Waals surface area (Å²) in [4.78, 5) is 2.39. The van der Waals surface area contributed by atoms with Gasteiger partial charge in [0.25, 0.3) is 0 Å². The minimum absolute atomic E-state index is 0.409. The monoisotopic (exact) mass is 755 g/mol. The number of hydrogen-bond acceptors (Lipinski definition) is 2. The quantitative estimate of drug-likeness (QED) is 0.169. The molecule has 0 aliphatic heterocycles.